The molecule has 2 aromatic rings. The lowest BCUT2D eigenvalue weighted by Gasteiger charge is -2.30. The minimum atomic E-state index is 0.0670. The van der Waals surface area contributed by atoms with Gasteiger partial charge in [-0.05, 0) is 66.0 Å². The Hall–Kier alpha value is -1.36. The Morgan fingerprint density at radius 1 is 1.12 bits per heavy atom. The first-order valence-corrected chi connectivity index (χ1v) is 10.3. The number of rotatable bonds is 6. The Bertz CT molecular complexity index is 649. The Kier molecular flexibility index (Phi) is 6.91. The summed E-state index contributed by atoms with van der Waals surface area (Å²) in [6, 6.07) is 9.94. The standard InChI is InChI=1S/C20H25ClN2OS/c21-18-7-5-16(6-8-18)13-20(24)22-14-19(17-9-12-25-15-17)23-10-3-1-2-4-11-23/h5-9,12,15,19H,1-4,10-11,13-14H2,(H,22,24). The van der Waals surface area contributed by atoms with Gasteiger partial charge in [-0.2, -0.15) is 11.3 Å². The van der Waals surface area contributed by atoms with Crippen LogP contribution in [0.25, 0.3) is 0 Å². The van der Waals surface area contributed by atoms with Gasteiger partial charge in [0.1, 0.15) is 0 Å². The van der Waals surface area contributed by atoms with E-state index in [4.69, 9.17) is 11.6 Å². The van der Waals surface area contributed by atoms with Crippen LogP contribution < -0.4 is 5.32 Å². The van der Waals surface area contributed by atoms with E-state index >= 15 is 0 Å². The predicted octanol–water partition coefficient (Wildman–Crippen LogP) is 4.68. The van der Waals surface area contributed by atoms with E-state index in [1.165, 1.54) is 31.2 Å². The van der Waals surface area contributed by atoms with Crippen LogP contribution in [-0.4, -0.2) is 30.4 Å². The van der Waals surface area contributed by atoms with E-state index in [0.717, 1.165) is 18.7 Å². The number of hydrogen-bond donors (Lipinski definition) is 1. The van der Waals surface area contributed by atoms with Gasteiger partial charge in [-0.1, -0.05) is 36.6 Å². The summed E-state index contributed by atoms with van der Waals surface area (Å²) in [5, 5.41) is 8.17. The van der Waals surface area contributed by atoms with Crippen molar-refractivity contribution in [1.82, 2.24) is 10.2 Å². The van der Waals surface area contributed by atoms with Crippen molar-refractivity contribution in [3.05, 3.63) is 57.2 Å². The molecule has 1 fully saturated rings. The Morgan fingerprint density at radius 3 is 2.48 bits per heavy atom. The van der Waals surface area contributed by atoms with Crippen molar-refractivity contribution < 1.29 is 4.79 Å². The minimum absolute atomic E-state index is 0.0670. The van der Waals surface area contributed by atoms with Crippen LogP contribution in [0, 0.1) is 0 Å². The number of benzene rings is 1. The molecule has 134 valence electrons. The summed E-state index contributed by atoms with van der Waals surface area (Å²) in [6.45, 7) is 2.91. The van der Waals surface area contributed by atoms with E-state index in [9.17, 15) is 4.79 Å². The van der Waals surface area contributed by atoms with Crippen molar-refractivity contribution in [3.63, 3.8) is 0 Å². The second-order valence-corrected chi connectivity index (χ2v) is 7.85. The largest absolute Gasteiger partial charge is 0.354 e. The average molecular weight is 377 g/mol. The smallest absolute Gasteiger partial charge is 0.224 e. The van der Waals surface area contributed by atoms with Gasteiger partial charge in [0.05, 0.1) is 12.5 Å². The van der Waals surface area contributed by atoms with Crippen LogP contribution in [0.3, 0.4) is 0 Å². The SMILES string of the molecule is O=C(Cc1ccc(Cl)cc1)NCC(c1ccsc1)N1CCCCCC1. The van der Waals surface area contributed by atoms with Gasteiger partial charge in [0, 0.05) is 11.6 Å². The fraction of sp³-hybridized carbons (Fsp3) is 0.450. The maximum atomic E-state index is 12.4. The van der Waals surface area contributed by atoms with Crippen molar-refractivity contribution in [1.29, 1.82) is 0 Å². The summed E-state index contributed by atoms with van der Waals surface area (Å²) in [5.74, 6) is 0.0670. The van der Waals surface area contributed by atoms with Gasteiger partial charge in [0.15, 0.2) is 0 Å². The summed E-state index contributed by atoms with van der Waals surface area (Å²) in [4.78, 5) is 14.9. The quantitative estimate of drug-likeness (QED) is 0.794. The number of halogens is 1. The fourth-order valence-corrected chi connectivity index (χ4v) is 4.22. The molecule has 25 heavy (non-hydrogen) atoms. The van der Waals surface area contributed by atoms with Crippen LogP contribution in [0.1, 0.15) is 42.9 Å². The number of carbonyl (C=O) groups is 1. The summed E-state index contributed by atoms with van der Waals surface area (Å²) in [7, 11) is 0. The van der Waals surface area contributed by atoms with Crippen LogP contribution in [0.4, 0.5) is 0 Å². The third kappa shape index (κ3) is 5.56. The first-order chi connectivity index (χ1) is 12.2. The molecule has 2 heterocycles. The molecule has 1 saturated heterocycles. The van der Waals surface area contributed by atoms with Gasteiger partial charge in [-0.15, -0.1) is 0 Å². The van der Waals surface area contributed by atoms with Gasteiger partial charge in [0.2, 0.25) is 5.91 Å². The third-order valence-corrected chi connectivity index (χ3v) is 5.73. The van der Waals surface area contributed by atoms with Gasteiger partial charge < -0.3 is 5.32 Å². The van der Waals surface area contributed by atoms with E-state index in [0.29, 0.717) is 18.0 Å². The van der Waals surface area contributed by atoms with E-state index in [1.54, 1.807) is 11.3 Å². The molecule has 3 rings (SSSR count). The van der Waals surface area contributed by atoms with Crippen molar-refractivity contribution in [2.75, 3.05) is 19.6 Å². The molecule has 1 unspecified atom stereocenters. The maximum Gasteiger partial charge on any atom is 0.224 e. The number of hydrogen-bond acceptors (Lipinski definition) is 3. The molecule has 5 heteroatoms. The second kappa shape index (κ2) is 9.37. The summed E-state index contributed by atoms with van der Waals surface area (Å²) < 4.78 is 0. The van der Waals surface area contributed by atoms with Gasteiger partial charge in [0.25, 0.3) is 0 Å². The normalized spacial score (nSPS) is 17.0. The molecule has 1 amide bonds. The molecule has 1 aliphatic heterocycles. The first-order valence-electron chi connectivity index (χ1n) is 8.99. The zero-order valence-electron chi connectivity index (χ0n) is 14.4. The van der Waals surface area contributed by atoms with Gasteiger partial charge in [-0.25, -0.2) is 0 Å². The monoisotopic (exact) mass is 376 g/mol. The molecule has 1 aliphatic rings. The highest BCUT2D eigenvalue weighted by Crippen LogP contribution is 2.25. The lowest BCUT2D eigenvalue weighted by molar-refractivity contribution is -0.120. The first kappa shape index (κ1) is 18.4. The van der Waals surface area contributed by atoms with E-state index in [2.05, 4.69) is 27.0 Å². The highest BCUT2D eigenvalue weighted by atomic mass is 35.5. The molecule has 0 spiro atoms. The molecule has 0 bridgehead atoms. The van der Waals surface area contributed by atoms with E-state index in [1.807, 2.05) is 24.3 Å². The number of carbonyl (C=O) groups excluding carboxylic acids is 1. The molecule has 1 aromatic heterocycles. The minimum Gasteiger partial charge on any atom is -0.354 e. The average Bonchev–Trinajstić information content (AvgIpc) is 3.00. The second-order valence-electron chi connectivity index (χ2n) is 6.63. The lowest BCUT2D eigenvalue weighted by atomic mass is 10.1. The van der Waals surface area contributed by atoms with E-state index < -0.39 is 0 Å². The van der Waals surface area contributed by atoms with Crippen molar-refractivity contribution >= 4 is 28.8 Å². The van der Waals surface area contributed by atoms with Crippen LogP contribution in [0.15, 0.2) is 41.1 Å². The number of amides is 1. The highest BCUT2D eigenvalue weighted by Gasteiger charge is 2.22. The van der Waals surface area contributed by atoms with Crippen molar-refractivity contribution in [3.8, 4) is 0 Å². The highest BCUT2D eigenvalue weighted by molar-refractivity contribution is 7.07. The Morgan fingerprint density at radius 2 is 1.84 bits per heavy atom. The Balaban J connectivity index is 1.60. The number of nitrogens with zero attached hydrogens (tertiary/aromatic N) is 1. The maximum absolute atomic E-state index is 12.4. The van der Waals surface area contributed by atoms with Crippen LogP contribution in [-0.2, 0) is 11.2 Å². The molecule has 1 atom stereocenters. The zero-order chi connectivity index (χ0) is 17.5. The van der Waals surface area contributed by atoms with Crippen molar-refractivity contribution in [2.24, 2.45) is 0 Å². The van der Waals surface area contributed by atoms with Crippen LogP contribution in [0.2, 0.25) is 5.02 Å². The predicted molar refractivity (Wildman–Crippen MR) is 105 cm³/mol. The zero-order valence-corrected chi connectivity index (χ0v) is 16.0. The Labute approximate surface area is 159 Å². The van der Waals surface area contributed by atoms with Crippen LogP contribution in [0.5, 0.6) is 0 Å². The van der Waals surface area contributed by atoms with Crippen molar-refractivity contribution in [2.45, 2.75) is 38.1 Å². The summed E-state index contributed by atoms with van der Waals surface area (Å²) in [5.41, 5.74) is 2.31. The molecular formula is C20H25ClN2OS. The molecule has 1 aromatic carbocycles. The summed E-state index contributed by atoms with van der Waals surface area (Å²) >= 11 is 7.63. The van der Waals surface area contributed by atoms with Crippen LogP contribution >= 0.6 is 22.9 Å². The topological polar surface area (TPSA) is 32.3 Å². The number of likely N-dealkylation sites (tertiary alicyclic amines) is 1. The van der Waals surface area contributed by atoms with Gasteiger partial charge in [-0.3, -0.25) is 9.69 Å². The number of thiophene rings is 1. The molecule has 0 saturated carbocycles. The summed E-state index contributed by atoms with van der Waals surface area (Å²) in [6.07, 6.45) is 5.53. The third-order valence-electron chi connectivity index (χ3n) is 4.78. The van der Waals surface area contributed by atoms with Gasteiger partial charge >= 0.3 is 0 Å². The molecule has 1 N–H and O–H groups in total. The molecular weight excluding hydrogens is 352 g/mol. The van der Waals surface area contributed by atoms with E-state index in [-0.39, 0.29) is 11.9 Å². The molecule has 0 radical (unpaired) electrons. The lowest BCUT2D eigenvalue weighted by Crippen LogP contribution is -2.39. The fourth-order valence-electron chi connectivity index (χ4n) is 3.39. The number of nitrogens with one attached hydrogen (secondary N) is 1. The molecule has 3 nitrogen and oxygen atoms in total. The molecule has 0 aliphatic carbocycles.